The number of nitrogens with zero attached hydrogens (tertiary/aromatic N) is 2. The highest BCUT2D eigenvalue weighted by Crippen LogP contribution is 2.28. The van der Waals surface area contributed by atoms with Crippen LogP contribution in [0.3, 0.4) is 0 Å². The summed E-state index contributed by atoms with van der Waals surface area (Å²) in [5, 5.41) is 0.854. The Morgan fingerprint density at radius 1 is 1.16 bits per heavy atom. The van der Waals surface area contributed by atoms with Crippen molar-refractivity contribution < 1.29 is 0 Å². The highest BCUT2D eigenvalue weighted by molar-refractivity contribution is 6.31. The highest BCUT2D eigenvalue weighted by atomic mass is 35.5. The number of benzene rings is 1. The first-order valence-corrected chi connectivity index (χ1v) is 7.58. The van der Waals surface area contributed by atoms with Crippen LogP contribution in [0.5, 0.6) is 0 Å². The Balaban J connectivity index is 1.56. The predicted molar refractivity (Wildman–Crippen MR) is 79.2 cm³/mol. The Bertz CT molecular complexity index is 437. The van der Waals surface area contributed by atoms with E-state index in [2.05, 4.69) is 21.9 Å². The Kier molecular flexibility index (Phi) is 4.08. The molecule has 1 saturated carbocycles. The van der Waals surface area contributed by atoms with Gasteiger partial charge in [0, 0.05) is 50.3 Å². The Morgan fingerprint density at radius 2 is 1.89 bits per heavy atom. The number of hydrogen-bond donors (Lipinski definition) is 1. The maximum Gasteiger partial charge on any atom is 0.0454 e. The first-order valence-electron chi connectivity index (χ1n) is 7.20. The lowest BCUT2D eigenvalue weighted by molar-refractivity contribution is 0.121. The topological polar surface area (TPSA) is 32.5 Å². The molecular formula is C15H22ClN3. The summed E-state index contributed by atoms with van der Waals surface area (Å²) in [4.78, 5) is 5.14. The lowest BCUT2D eigenvalue weighted by Crippen LogP contribution is -2.46. The molecule has 3 nitrogen and oxygen atoms in total. The van der Waals surface area contributed by atoms with E-state index in [-0.39, 0.29) is 0 Å². The lowest BCUT2D eigenvalue weighted by atomic mass is 10.1. The van der Waals surface area contributed by atoms with Crippen LogP contribution in [0.1, 0.15) is 24.0 Å². The van der Waals surface area contributed by atoms with Gasteiger partial charge in [-0.2, -0.15) is 0 Å². The zero-order valence-electron chi connectivity index (χ0n) is 11.3. The van der Waals surface area contributed by atoms with Crippen molar-refractivity contribution in [2.24, 2.45) is 5.73 Å². The van der Waals surface area contributed by atoms with E-state index < -0.39 is 0 Å². The summed E-state index contributed by atoms with van der Waals surface area (Å²) >= 11 is 6.32. The van der Waals surface area contributed by atoms with Gasteiger partial charge in [-0.25, -0.2) is 0 Å². The molecule has 0 bridgehead atoms. The quantitative estimate of drug-likeness (QED) is 0.916. The fraction of sp³-hybridized carbons (Fsp3) is 0.600. The molecule has 4 heteroatoms. The lowest BCUT2D eigenvalue weighted by Gasteiger charge is -2.35. The molecule has 2 N–H and O–H groups in total. The van der Waals surface area contributed by atoms with Crippen LogP contribution in [0.2, 0.25) is 5.02 Å². The molecule has 0 spiro atoms. The van der Waals surface area contributed by atoms with Crippen LogP contribution >= 0.6 is 11.6 Å². The summed E-state index contributed by atoms with van der Waals surface area (Å²) in [7, 11) is 0. The molecule has 1 heterocycles. The SMILES string of the molecule is NCc1ccc(CN2CCN(C3CC3)CC2)c(Cl)c1. The molecule has 0 amide bonds. The van der Waals surface area contributed by atoms with Gasteiger partial charge >= 0.3 is 0 Å². The largest absolute Gasteiger partial charge is 0.326 e. The second-order valence-corrected chi connectivity index (χ2v) is 6.08. The van der Waals surface area contributed by atoms with Crippen molar-refractivity contribution in [1.82, 2.24) is 9.80 Å². The third-order valence-corrected chi connectivity index (χ3v) is 4.57. The number of halogens is 1. The molecule has 1 aromatic rings. The zero-order valence-corrected chi connectivity index (χ0v) is 12.1. The summed E-state index contributed by atoms with van der Waals surface area (Å²) in [5.41, 5.74) is 7.95. The minimum atomic E-state index is 0.556. The molecule has 2 fully saturated rings. The van der Waals surface area contributed by atoms with Gasteiger partial charge in [0.05, 0.1) is 0 Å². The van der Waals surface area contributed by atoms with Gasteiger partial charge in [0.2, 0.25) is 0 Å². The first-order chi connectivity index (χ1) is 9.26. The van der Waals surface area contributed by atoms with Crippen LogP contribution in [-0.4, -0.2) is 42.0 Å². The smallest absolute Gasteiger partial charge is 0.0454 e. The molecule has 1 aromatic carbocycles. The van der Waals surface area contributed by atoms with Gasteiger partial charge in [-0.1, -0.05) is 23.7 Å². The molecule has 2 aliphatic rings. The van der Waals surface area contributed by atoms with Crippen LogP contribution in [0.15, 0.2) is 18.2 Å². The minimum Gasteiger partial charge on any atom is -0.326 e. The molecule has 19 heavy (non-hydrogen) atoms. The van der Waals surface area contributed by atoms with E-state index in [1.165, 1.54) is 31.5 Å². The van der Waals surface area contributed by atoms with Crippen molar-refractivity contribution in [1.29, 1.82) is 0 Å². The molecule has 0 radical (unpaired) electrons. The fourth-order valence-electron chi connectivity index (χ4n) is 2.81. The number of hydrogen-bond acceptors (Lipinski definition) is 3. The molecule has 3 rings (SSSR count). The van der Waals surface area contributed by atoms with Crippen LogP contribution in [0, 0.1) is 0 Å². The van der Waals surface area contributed by atoms with Crippen molar-refractivity contribution in [3.8, 4) is 0 Å². The average molecular weight is 280 g/mol. The molecule has 1 saturated heterocycles. The second kappa shape index (κ2) is 5.80. The number of piperazine rings is 1. The normalized spacial score (nSPS) is 21.8. The van der Waals surface area contributed by atoms with Crippen LogP contribution in [0.4, 0.5) is 0 Å². The number of nitrogens with two attached hydrogens (primary N) is 1. The third kappa shape index (κ3) is 3.29. The summed E-state index contributed by atoms with van der Waals surface area (Å²) < 4.78 is 0. The van der Waals surface area contributed by atoms with Crippen molar-refractivity contribution in [2.45, 2.75) is 32.0 Å². The average Bonchev–Trinajstić information content (AvgIpc) is 3.26. The molecule has 104 valence electrons. The minimum absolute atomic E-state index is 0.556. The van der Waals surface area contributed by atoms with Gasteiger partial charge in [0.1, 0.15) is 0 Å². The van der Waals surface area contributed by atoms with E-state index in [1.54, 1.807) is 0 Å². The van der Waals surface area contributed by atoms with Crippen molar-refractivity contribution in [3.63, 3.8) is 0 Å². The first kappa shape index (κ1) is 13.4. The molecule has 1 aliphatic heterocycles. The van der Waals surface area contributed by atoms with Gasteiger partial charge in [-0.15, -0.1) is 0 Å². The van der Waals surface area contributed by atoms with Crippen LogP contribution < -0.4 is 5.73 Å². The summed E-state index contributed by atoms with van der Waals surface area (Å²) in [5.74, 6) is 0. The van der Waals surface area contributed by atoms with E-state index >= 15 is 0 Å². The molecule has 1 aliphatic carbocycles. The summed E-state index contributed by atoms with van der Waals surface area (Å²) in [6.45, 7) is 6.26. The van der Waals surface area contributed by atoms with Crippen molar-refractivity contribution in [2.75, 3.05) is 26.2 Å². The van der Waals surface area contributed by atoms with Crippen LogP contribution in [-0.2, 0) is 13.1 Å². The number of rotatable bonds is 4. The summed E-state index contributed by atoms with van der Waals surface area (Å²) in [6, 6.07) is 7.10. The molecular weight excluding hydrogens is 258 g/mol. The maximum atomic E-state index is 6.32. The Labute approximate surface area is 120 Å². The molecule has 0 aromatic heterocycles. The van der Waals surface area contributed by atoms with Gasteiger partial charge in [-0.3, -0.25) is 9.80 Å². The van der Waals surface area contributed by atoms with Crippen LogP contribution in [0.25, 0.3) is 0 Å². The monoisotopic (exact) mass is 279 g/mol. The van der Waals surface area contributed by atoms with E-state index in [4.69, 9.17) is 17.3 Å². The van der Waals surface area contributed by atoms with Crippen molar-refractivity contribution >= 4 is 11.6 Å². The van der Waals surface area contributed by atoms with Gasteiger partial charge in [0.25, 0.3) is 0 Å². The Hall–Kier alpha value is -0.610. The fourth-order valence-corrected chi connectivity index (χ4v) is 3.08. The van der Waals surface area contributed by atoms with E-state index in [1.807, 2.05) is 6.07 Å². The highest BCUT2D eigenvalue weighted by Gasteiger charge is 2.31. The second-order valence-electron chi connectivity index (χ2n) is 5.67. The van der Waals surface area contributed by atoms with E-state index in [0.29, 0.717) is 6.54 Å². The van der Waals surface area contributed by atoms with Gasteiger partial charge in [-0.05, 0) is 30.0 Å². The van der Waals surface area contributed by atoms with Gasteiger partial charge in [0.15, 0.2) is 0 Å². The summed E-state index contributed by atoms with van der Waals surface area (Å²) in [6.07, 6.45) is 2.82. The van der Waals surface area contributed by atoms with E-state index in [0.717, 1.165) is 36.3 Å². The zero-order chi connectivity index (χ0) is 13.2. The predicted octanol–water partition coefficient (Wildman–Crippen LogP) is 2.08. The van der Waals surface area contributed by atoms with Gasteiger partial charge < -0.3 is 5.73 Å². The van der Waals surface area contributed by atoms with Crippen molar-refractivity contribution in [3.05, 3.63) is 34.3 Å². The molecule has 0 unspecified atom stereocenters. The Morgan fingerprint density at radius 3 is 2.47 bits per heavy atom. The third-order valence-electron chi connectivity index (χ3n) is 4.22. The van der Waals surface area contributed by atoms with E-state index in [9.17, 15) is 0 Å². The standard InChI is InChI=1S/C15H22ClN3/c16-15-9-12(10-17)1-2-13(15)11-18-5-7-19(8-6-18)14-3-4-14/h1-2,9,14H,3-8,10-11,17H2. The molecule has 0 atom stereocenters. The maximum absolute atomic E-state index is 6.32.